The van der Waals surface area contributed by atoms with Crippen LogP contribution in [0, 0.1) is 0 Å². The van der Waals surface area contributed by atoms with Crippen molar-refractivity contribution in [2.45, 2.75) is 65.9 Å². The van der Waals surface area contributed by atoms with Crippen LogP contribution in [0.15, 0.2) is 29.8 Å². The van der Waals surface area contributed by atoms with Crippen LogP contribution in [0.25, 0.3) is 0 Å². The molecule has 1 aromatic carbocycles. The quantitative estimate of drug-likeness (QED) is 0.700. The molecule has 1 aliphatic heterocycles. The fourth-order valence-corrected chi connectivity index (χ4v) is 3.27. The molecule has 0 N–H and O–H groups in total. The Morgan fingerprint density at radius 3 is 2.39 bits per heavy atom. The van der Waals surface area contributed by atoms with Crippen LogP contribution in [0.3, 0.4) is 0 Å². The summed E-state index contributed by atoms with van der Waals surface area (Å²) in [6.07, 6.45) is 2.89. The Hall–Kier alpha value is -1.77. The van der Waals surface area contributed by atoms with Crippen molar-refractivity contribution in [1.82, 2.24) is 0 Å². The Morgan fingerprint density at radius 1 is 1.17 bits per heavy atom. The van der Waals surface area contributed by atoms with Gasteiger partial charge in [0.25, 0.3) is 0 Å². The largest absolute Gasteiger partial charge is 0.443 e. The van der Waals surface area contributed by atoms with Crippen molar-refractivity contribution < 1.29 is 9.53 Å². The van der Waals surface area contributed by atoms with Crippen molar-refractivity contribution in [3.63, 3.8) is 0 Å². The number of rotatable bonds is 2. The number of carbonyl (C=O) groups excluding carboxylic acids is 1. The molecule has 1 aliphatic rings. The van der Waals surface area contributed by atoms with Gasteiger partial charge in [-0.05, 0) is 52.2 Å². The summed E-state index contributed by atoms with van der Waals surface area (Å²) in [6.45, 7) is 15.0. The van der Waals surface area contributed by atoms with Gasteiger partial charge in [-0.2, -0.15) is 0 Å². The minimum Gasteiger partial charge on any atom is -0.443 e. The maximum atomic E-state index is 12.6. The van der Waals surface area contributed by atoms with Gasteiger partial charge >= 0.3 is 6.09 Å². The summed E-state index contributed by atoms with van der Waals surface area (Å²) < 4.78 is 5.60. The van der Waals surface area contributed by atoms with Crippen molar-refractivity contribution in [3.8, 4) is 0 Å². The van der Waals surface area contributed by atoms with Gasteiger partial charge in [0.05, 0.1) is 5.69 Å². The minimum absolute atomic E-state index is 0.130. The number of hydrogen-bond acceptors (Lipinski definition) is 2. The summed E-state index contributed by atoms with van der Waals surface area (Å²) in [5.74, 6) is 0. The lowest BCUT2D eigenvalue weighted by molar-refractivity contribution is 0.0583. The molecule has 0 saturated heterocycles. The topological polar surface area (TPSA) is 29.5 Å². The highest BCUT2D eigenvalue weighted by Gasteiger charge is 2.34. The van der Waals surface area contributed by atoms with E-state index in [1.807, 2.05) is 20.8 Å². The van der Waals surface area contributed by atoms with Gasteiger partial charge in [0.15, 0.2) is 0 Å². The SMILES string of the molecule is CC(C)=CC(C)(C)c1cccc2c1N(C(=O)OC(C)(C)C)CC2. The van der Waals surface area contributed by atoms with Gasteiger partial charge in [0, 0.05) is 12.0 Å². The zero-order valence-corrected chi connectivity index (χ0v) is 15.5. The number of fused-ring (bicyclic) bond motifs is 1. The van der Waals surface area contributed by atoms with Gasteiger partial charge in [-0.25, -0.2) is 4.79 Å². The van der Waals surface area contributed by atoms with Crippen LogP contribution in [-0.2, 0) is 16.6 Å². The molecule has 0 aliphatic carbocycles. The van der Waals surface area contributed by atoms with E-state index in [1.165, 1.54) is 16.7 Å². The molecule has 23 heavy (non-hydrogen) atoms. The summed E-state index contributed by atoms with van der Waals surface area (Å²) in [5, 5.41) is 0. The third-order valence-corrected chi connectivity index (χ3v) is 3.95. The van der Waals surface area contributed by atoms with Crippen LogP contribution in [0.2, 0.25) is 0 Å². The molecule has 126 valence electrons. The van der Waals surface area contributed by atoms with E-state index >= 15 is 0 Å². The van der Waals surface area contributed by atoms with E-state index in [0.29, 0.717) is 6.54 Å². The number of para-hydroxylation sites is 1. The first-order chi connectivity index (χ1) is 10.5. The van der Waals surface area contributed by atoms with Crippen LogP contribution in [0.1, 0.15) is 59.6 Å². The average molecular weight is 315 g/mol. The maximum Gasteiger partial charge on any atom is 0.414 e. The van der Waals surface area contributed by atoms with Crippen molar-refractivity contribution >= 4 is 11.8 Å². The second-order valence-electron chi connectivity index (χ2n) is 8.14. The molecule has 3 nitrogen and oxygen atoms in total. The van der Waals surface area contributed by atoms with Crippen LogP contribution in [0.4, 0.5) is 10.5 Å². The van der Waals surface area contributed by atoms with E-state index in [9.17, 15) is 4.79 Å². The van der Waals surface area contributed by atoms with Gasteiger partial charge in [0.2, 0.25) is 0 Å². The Balaban J connectivity index is 2.46. The van der Waals surface area contributed by atoms with Gasteiger partial charge in [-0.3, -0.25) is 4.90 Å². The summed E-state index contributed by atoms with van der Waals surface area (Å²) in [6, 6.07) is 6.33. The number of anilines is 1. The highest BCUT2D eigenvalue weighted by Crippen LogP contribution is 2.40. The molecule has 0 fully saturated rings. The third-order valence-electron chi connectivity index (χ3n) is 3.95. The third kappa shape index (κ3) is 3.95. The van der Waals surface area contributed by atoms with E-state index < -0.39 is 5.60 Å². The predicted molar refractivity (Wildman–Crippen MR) is 96.2 cm³/mol. The van der Waals surface area contributed by atoms with Gasteiger partial charge < -0.3 is 4.74 Å². The van der Waals surface area contributed by atoms with Crippen LogP contribution in [-0.4, -0.2) is 18.2 Å². The lowest BCUT2D eigenvalue weighted by Crippen LogP contribution is -2.36. The molecule has 3 heteroatoms. The highest BCUT2D eigenvalue weighted by atomic mass is 16.6. The molecule has 1 heterocycles. The first-order valence-corrected chi connectivity index (χ1v) is 8.30. The summed E-state index contributed by atoms with van der Waals surface area (Å²) >= 11 is 0. The van der Waals surface area contributed by atoms with E-state index in [-0.39, 0.29) is 11.5 Å². The Bertz CT molecular complexity index is 632. The number of allylic oxidation sites excluding steroid dienone is 2. The molecule has 0 atom stereocenters. The average Bonchev–Trinajstić information content (AvgIpc) is 2.78. The first-order valence-electron chi connectivity index (χ1n) is 8.30. The lowest BCUT2D eigenvalue weighted by atomic mass is 9.81. The molecule has 0 unspecified atom stereocenters. The number of carbonyl (C=O) groups is 1. The maximum absolute atomic E-state index is 12.6. The number of amides is 1. The molecule has 0 radical (unpaired) electrons. The number of hydrogen-bond donors (Lipinski definition) is 0. The first kappa shape index (κ1) is 17.6. The normalized spacial score (nSPS) is 14.5. The Kier molecular flexibility index (Phi) is 4.61. The summed E-state index contributed by atoms with van der Waals surface area (Å²) in [7, 11) is 0. The van der Waals surface area contributed by atoms with Crippen molar-refractivity contribution in [2.75, 3.05) is 11.4 Å². The molecule has 2 rings (SSSR count). The summed E-state index contributed by atoms with van der Waals surface area (Å²) in [4.78, 5) is 14.4. The van der Waals surface area contributed by atoms with Gasteiger partial charge in [0.1, 0.15) is 5.60 Å². The molecule has 1 aromatic rings. The fraction of sp³-hybridized carbons (Fsp3) is 0.550. The second kappa shape index (κ2) is 6.03. The Labute approximate surface area is 140 Å². The number of benzene rings is 1. The molecule has 0 spiro atoms. The van der Waals surface area contributed by atoms with E-state index in [2.05, 4.69) is 52.0 Å². The standard InChI is InChI=1S/C20H29NO2/c1-14(2)13-20(6,7)16-10-8-9-15-11-12-21(17(15)16)18(22)23-19(3,4)5/h8-10,13H,11-12H2,1-7H3. The fourth-order valence-electron chi connectivity index (χ4n) is 3.27. The molecule has 1 amide bonds. The summed E-state index contributed by atoms with van der Waals surface area (Å²) in [5.41, 5.74) is 4.10. The van der Waals surface area contributed by atoms with Crippen LogP contribution >= 0.6 is 0 Å². The van der Waals surface area contributed by atoms with E-state index in [1.54, 1.807) is 4.90 Å². The van der Waals surface area contributed by atoms with Gasteiger partial charge in [-0.15, -0.1) is 0 Å². The number of nitrogens with zero attached hydrogens (tertiary/aromatic N) is 1. The zero-order valence-electron chi connectivity index (χ0n) is 15.5. The number of ether oxygens (including phenoxy) is 1. The van der Waals surface area contributed by atoms with Crippen molar-refractivity contribution in [3.05, 3.63) is 41.0 Å². The van der Waals surface area contributed by atoms with Crippen LogP contribution in [0.5, 0.6) is 0 Å². The monoisotopic (exact) mass is 315 g/mol. The second-order valence-corrected chi connectivity index (χ2v) is 8.14. The smallest absolute Gasteiger partial charge is 0.414 e. The molecular formula is C20H29NO2. The van der Waals surface area contributed by atoms with E-state index in [4.69, 9.17) is 4.74 Å². The van der Waals surface area contributed by atoms with Crippen molar-refractivity contribution in [2.24, 2.45) is 0 Å². The molecule has 0 aromatic heterocycles. The predicted octanol–water partition coefficient (Wildman–Crippen LogP) is 5.23. The van der Waals surface area contributed by atoms with Gasteiger partial charge in [-0.1, -0.05) is 43.7 Å². The highest BCUT2D eigenvalue weighted by molar-refractivity contribution is 5.92. The zero-order chi connectivity index (χ0) is 17.4. The molecule has 0 bridgehead atoms. The van der Waals surface area contributed by atoms with Crippen molar-refractivity contribution in [1.29, 1.82) is 0 Å². The Morgan fingerprint density at radius 2 is 1.83 bits per heavy atom. The van der Waals surface area contributed by atoms with Crippen LogP contribution < -0.4 is 4.90 Å². The molecular weight excluding hydrogens is 286 g/mol. The lowest BCUT2D eigenvalue weighted by Gasteiger charge is -2.30. The minimum atomic E-state index is -0.482. The van der Waals surface area contributed by atoms with E-state index in [0.717, 1.165) is 12.1 Å². The molecule has 0 saturated carbocycles.